The van der Waals surface area contributed by atoms with E-state index >= 15 is 0 Å². The van der Waals surface area contributed by atoms with Gasteiger partial charge in [0, 0.05) is 16.1 Å². The number of thioether (sulfide) groups is 1. The lowest BCUT2D eigenvalue weighted by Gasteiger charge is -2.37. The van der Waals surface area contributed by atoms with Crippen LogP contribution in [0.5, 0.6) is 5.75 Å². The van der Waals surface area contributed by atoms with Gasteiger partial charge >= 0.3 is 0 Å². The second kappa shape index (κ2) is 11.8. The second-order valence-electron chi connectivity index (χ2n) is 12.6. The monoisotopic (exact) mass is 635 g/mol. The van der Waals surface area contributed by atoms with Gasteiger partial charge in [-0.15, -0.1) is 11.8 Å². The average molecular weight is 636 g/mol. The number of hydrogen-bond donors (Lipinski definition) is 3. The molecule has 4 aromatic rings. The van der Waals surface area contributed by atoms with Crippen molar-refractivity contribution in [1.82, 2.24) is 4.90 Å². The molecule has 236 valence electrons. The smallest absolute Gasteiger partial charge is 0.248 e. The quantitative estimate of drug-likeness (QED) is 0.207. The molecule has 0 aromatic heterocycles. The Morgan fingerprint density at radius 1 is 0.913 bits per heavy atom. The Kier molecular flexibility index (Phi) is 7.77. The molecule has 3 aliphatic heterocycles. The number of fused-ring (bicyclic) bond motifs is 2. The van der Waals surface area contributed by atoms with Crippen LogP contribution in [0.2, 0.25) is 0 Å². The highest BCUT2D eigenvalue weighted by atomic mass is 32.2. The number of anilines is 2. The van der Waals surface area contributed by atoms with Crippen LogP contribution in [0.4, 0.5) is 11.4 Å². The minimum atomic E-state index is -0.899. The predicted molar refractivity (Wildman–Crippen MR) is 181 cm³/mol. The van der Waals surface area contributed by atoms with Gasteiger partial charge in [0.1, 0.15) is 11.8 Å². The topological polar surface area (TPSA) is 108 Å². The fourth-order valence-corrected chi connectivity index (χ4v) is 10.3. The van der Waals surface area contributed by atoms with Gasteiger partial charge in [0.25, 0.3) is 0 Å². The zero-order chi connectivity index (χ0) is 32.1. The second-order valence-corrected chi connectivity index (χ2v) is 14.5. The molecule has 3 heterocycles. The Morgan fingerprint density at radius 2 is 1.59 bits per heavy atom. The molecule has 46 heavy (non-hydrogen) atoms. The van der Waals surface area contributed by atoms with Crippen molar-refractivity contribution < 1.29 is 24.2 Å². The Balaban J connectivity index is 1.26. The number of likely N-dealkylation sites (tertiary alicyclic amines) is 1. The summed E-state index contributed by atoms with van der Waals surface area (Å²) < 4.78 is 4.17. The number of nitrogens with one attached hydrogen (secondary N) is 2. The molecular formula is C37H37N3O5S. The summed E-state index contributed by atoms with van der Waals surface area (Å²) in [4.78, 5) is 45.0. The molecule has 3 saturated heterocycles. The molecule has 3 aliphatic rings. The normalized spacial score (nSPS) is 27.0. The molecule has 3 fully saturated rings. The first kappa shape index (κ1) is 30.3. The van der Waals surface area contributed by atoms with Crippen molar-refractivity contribution in [3.63, 3.8) is 0 Å². The molecule has 3 amide bonds. The first-order chi connectivity index (χ1) is 22.3. The number of ether oxygens (including phenoxy) is 1. The van der Waals surface area contributed by atoms with Crippen LogP contribution in [0.3, 0.4) is 0 Å². The summed E-state index contributed by atoms with van der Waals surface area (Å²) in [7, 11) is 0. The van der Waals surface area contributed by atoms with Crippen LogP contribution in [0.15, 0.2) is 97.1 Å². The fraction of sp³-hybridized carbons (Fsp3) is 0.324. The zero-order valence-corrected chi connectivity index (χ0v) is 26.6. The summed E-state index contributed by atoms with van der Waals surface area (Å²) in [5.74, 6) is -1.52. The number of rotatable bonds is 9. The predicted octanol–water partition coefficient (Wildman–Crippen LogP) is 6.03. The van der Waals surface area contributed by atoms with Crippen LogP contribution < -0.4 is 15.4 Å². The van der Waals surface area contributed by atoms with Gasteiger partial charge in [-0.2, -0.15) is 0 Å². The van der Waals surface area contributed by atoms with Gasteiger partial charge in [-0.3, -0.25) is 14.4 Å². The standard InChI is InChI=1S/C37H37N3O5S/c1-3-45-28-17-15-26(16-18-28)38-33(42)30-31-35(44)40(29(22-41)24-10-5-4-6-11-24)32(37(31)20-19-36(30,2)46-37)34(43)39-27-14-13-23-9-7-8-12-25(23)21-27/h4-18,21,29-32,41H,3,19-20,22H2,1-2H3,(H,38,42)(H,39,43)/t29-,30-,31+,32?,36+,37?/m1/s1. The SMILES string of the molecule is CCOc1ccc(NC(=O)[C@H]2[C@H]3C(=O)N([C@H](CO)c4ccccc4)C(C(=O)Nc4ccc5ccccc5c4)C34CC[C@]2(C)S4)cc1. The van der Waals surface area contributed by atoms with Crippen LogP contribution in [0.1, 0.15) is 38.3 Å². The van der Waals surface area contributed by atoms with Gasteiger partial charge in [-0.25, -0.2) is 0 Å². The highest BCUT2D eigenvalue weighted by Gasteiger charge is 2.77. The Morgan fingerprint density at radius 3 is 2.30 bits per heavy atom. The lowest BCUT2D eigenvalue weighted by atomic mass is 9.66. The first-order valence-corrected chi connectivity index (χ1v) is 16.6. The van der Waals surface area contributed by atoms with Crippen LogP contribution in [0, 0.1) is 11.8 Å². The number of aliphatic hydroxyl groups excluding tert-OH is 1. The molecule has 3 N–H and O–H groups in total. The van der Waals surface area contributed by atoms with E-state index in [0.29, 0.717) is 36.6 Å². The number of benzene rings is 4. The van der Waals surface area contributed by atoms with E-state index in [2.05, 4.69) is 10.6 Å². The Hall–Kier alpha value is -4.34. The summed E-state index contributed by atoms with van der Waals surface area (Å²) in [6, 6.07) is 28.5. The molecule has 4 aromatic carbocycles. The summed E-state index contributed by atoms with van der Waals surface area (Å²) in [6.07, 6.45) is 1.29. The third kappa shape index (κ3) is 4.93. The highest BCUT2D eigenvalue weighted by molar-refractivity contribution is 8.02. The maximum atomic E-state index is 14.7. The van der Waals surface area contributed by atoms with E-state index in [9.17, 15) is 19.5 Å². The lowest BCUT2D eigenvalue weighted by molar-refractivity contribution is -0.141. The van der Waals surface area contributed by atoms with E-state index in [0.717, 1.165) is 16.3 Å². The molecule has 0 saturated carbocycles. The minimum absolute atomic E-state index is 0.241. The number of carbonyl (C=O) groups excluding carboxylic acids is 3. The van der Waals surface area contributed by atoms with Gasteiger partial charge in [-0.1, -0.05) is 60.7 Å². The fourth-order valence-electron chi connectivity index (χ4n) is 7.93. The molecular weight excluding hydrogens is 598 g/mol. The molecule has 1 spiro atoms. The molecule has 0 aliphatic carbocycles. The number of amides is 3. The number of nitrogens with zero attached hydrogens (tertiary/aromatic N) is 1. The van der Waals surface area contributed by atoms with Crippen molar-refractivity contribution in [3.05, 3.63) is 103 Å². The largest absolute Gasteiger partial charge is 0.494 e. The highest BCUT2D eigenvalue weighted by Crippen LogP contribution is 2.72. The zero-order valence-electron chi connectivity index (χ0n) is 25.8. The average Bonchev–Trinajstić information content (AvgIpc) is 3.63. The van der Waals surface area contributed by atoms with Crippen molar-refractivity contribution in [1.29, 1.82) is 0 Å². The van der Waals surface area contributed by atoms with Crippen molar-refractivity contribution >= 4 is 51.6 Å². The maximum absolute atomic E-state index is 14.7. The van der Waals surface area contributed by atoms with E-state index in [1.54, 1.807) is 40.9 Å². The number of carbonyl (C=O) groups is 3. The van der Waals surface area contributed by atoms with Gasteiger partial charge in [0.05, 0.1) is 35.8 Å². The maximum Gasteiger partial charge on any atom is 0.248 e. The molecule has 8 nitrogen and oxygen atoms in total. The third-order valence-corrected chi connectivity index (χ3v) is 11.9. The van der Waals surface area contributed by atoms with Gasteiger partial charge < -0.3 is 25.4 Å². The first-order valence-electron chi connectivity index (χ1n) is 15.8. The molecule has 9 heteroatoms. The van der Waals surface area contributed by atoms with Crippen molar-refractivity contribution in [2.75, 3.05) is 23.8 Å². The minimum Gasteiger partial charge on any atom is -0.494 e. The molecule has 6 atom stereocenters. The summed E-state index contributed by atoms with van der Waals surface area (Å²) in [5, 5.41) is 19.0. The Labute approximate surface area is 272 Å². The van der Waals surface area contributed by atoms with Crippen molar-refractivity contribution in [2.45, 2.75) is 48.3 Å². The van der Waals surface area contributed by atoms with Gasteiger partial charge in [0.2, 0.25) is 17.7 Å². The number of aliphatic hydroxyl groups is 1. The molecule has 7 rings (SSSR count). The van der Waals surface area contributed by atoms with Crippen molar-refractivity contribution in [2.24, 2.45) is 11.8 Å². The lowest BCUT2D eigenvalue weighted by Crippen LogP contribution is -2.52. The molecule has 0 radical (unpaired) electrons. The van der Waals surface area contributed by atoms with Crippen molar-refractivity contribution in [3.8, 4) is 5.75 Å². The van der Waals surface area contributed by atoms with E-state index < -0.39 is 33.4 Å². The van der Waals surface area contributed by atoms with Crippen LogP contribution in [0.25, 0.3) is 10.8 Å². The summed E-state index contributed by atoms with van der Waals surface area (Å²) in [6.45, 7) is 4.14. The van der Waals surface area contributed by atoms with E-state index in [4.69, 9.17) is 4.74 Å². The molecule has 2 bridgehead atoms. The summed E-state index contributed by atoms with van der Waals surface area (Å²) in [5.41, 5.74) is 1.98. The number of hydrogen-bond acceptors (Lipinski definition) is 6. The molecule has 2 unspecified atom stereocenters. The van der Waals surface area contributed by atoms with E-state index in [1.807, 2.05) is 86.6 Å². The van der Waals surface area contributed by atoms with Gasteiger partial charge in [-0.05, 0) is 79.4 Å². The van der Waals surface area contributed by atoms with E-state index in [-0.39, 0.29) is 24.3 Å². The van der Waals surface area contributed by atoms with E-state index in [1.165, 1.54) is 0 Å². The Bertz CT molecular complexity index is 1800. The van der Waals surface area contributed by atoms with Gasteiger partial charge in [0.15, 0.2) is 0 Å². The third-order valence-electron chi connectivity index (χ3n) is 9.89. The summed E-state index contributed by atoms with van der Waals surface area (Å²) >= 11 is 1.60. The van der Waals surface area contributed by atoms with Crippen LogP contribution in [-0.4, -0.2) is 56.5 Å². The van der Waals surface area contributed by atoms with Crippen LogP contribution in [-0.2, 0) is 14.4 Å². The van der Waals surface area contributed by atoms with Crippen LogP contribution >= 0.6 is 11.8 Å².